The van der Waals surface area contributed by atoms with Crippen LogP contribution >= 0.6 is 11.3 Å². The third-order valence-corrected chi connectivity index (χ3v) is 4.39. The lowest BCUT2D eigenvalue weighted by Crippen LogP contribution is -2.17. The van der Waals surface area contributed by atoms with Crippen LogP contribution in [-0.2, 0) is 11.2 Å². The summed E-state index contributed by atoms with van der Waals surface area (Å²) in [5, 5.41) is 5.02. The van der Waals surface area contributed by atoms with E-state index in [1.165, 1.54) is 13.0 Å². The maximum Gasteiger partial charge on any atom is 0.266 e. The number of fused-ring (bicyclic) bond motifs is 1. The van der Waals surface area contributed by atoms with Crippen LogP contribution in [0.5, 0.6) is 0 Å². The minimum absolute atomic E-state index is 0.0566. The van der Waals surface area contributed by atoms with E-state index in [1.807, 2.05) is 0 Å². The predicted octanol–water partition coefficient (Wildman–Crippen LogP) is 1.72. The number of aryl methyl sites for hydroxylation is 3. The van der Waals surface area contributed by atoms with E-state index < -0.39 is 5.13 Å². The van der Waals surface area contributed by atoms with Crippen molar-refractivity contribution in [3.05, 3.63) is 44.2 Å². The highest BCUT2D eigenvalue weighted by Gasteiger charge is 2.16. The van der Waals surface area contributed by atoms with Crippen molar-refractivity contribution in [2.45, 2.75) is 27.2 Å². The molecule has 3 aromatic heterocycles. The molecule has 0 aliphatic heterocycles. The molecule has 23 heavy (non-hydrogen) atoms. The van der Waals surface area contributed by atoms with Crippen molar-refractivity contribution in [1.82, 2.24) is 19.6 Å². The summed E-state index contributed by atoms with van der Waals surface area (Å²) in [4.78, 5) is 31.8. The van der Waals surface area contributed by atoms with Crippen molar-refractivity contribution in [2.24, 2.45) is 0 Å². The average Bonchev–Trinajstić information content (AvgIpc) is 2.97. The van der Waals surface area contributed by atoms with Crippen molar-refractivity contribution in [2.75, 3.05) is 5.32 Å². The second-order valence-electron chi connectivity index (χ2n) is 5.18. The van der Waals surface area contributed by atoms with Gasteiger partial charge in [0.1, 0.15) is 0 Å². The van der Waals surface area contributed by atoms with Crippen LogP contribution in [0.1, 0.15) is 22.6 Å². The number of aromatic nitrogens is 4. The van der Waals surface area contributed by atoms with Crippen molar-refractivity contribution >= 4 is 28.0 Å². The fraction of sp³-hybridized carbons (Fsp3) is 0.286. The Balaban J connectivity index is 1.88. The molecular weight excluding hydrogens is 321 g/mol. The number of halogens is 1. The molecule has 3 rings (SSSR count). The fourth-order valence-corrected chi connectivity index (χ4v) is 3.08. The molecule has 0 unspecified atom stereocenters. The molecular formula is C14H14FN5O2S. The largest absolute Gasteiger partial charge is 0.302 e. The smallest absolute Gasteiger partial charge is 0.266 e. The quantitative estimate of drug-likeness (QED) is 0.762. The van der Waals surface area contributed by atoms with Gasteiger partial charge in [0.05, 0.1) is 12.1 Å². The Labute approximate surface area is 134 Å². The van der Waals surface area contributed by atoms with Gasteiger partial charge in [-0.1, -0.05) is 11.3 Å². The minimum atomic E-state index is -0.416. The number of hydrogen-bond donors (Lipinski definition) is 2. The van der Waals surface area contributed by atoms with Crippen LogP contribution < -0.4 is 10.9 Å². The zero-order valence-corrected chi connectivity index (χ0v) is 13.5. The summed E-state index contributed by atoms with van der Waals surface area (Å²) in [5.74, 6) is -0.319. The van der Waals surface area contributed by atoms with E-state index in [-0.39, 0.29) is 28.7 Å². The van der Waals surface area contributed by atoms with Crippen LogP contribution in [0, 0.1) is 25.9 Å². The standard InChI is InChI=1S/C14H14FN5O2S/c1-6-9(8(3)20-10(16-6)5-12(22)19-20)4-11(21)18-14-17-7(2)13(15)23-14/h5H,4H2,1-3H3,(H,19,22)(H,17,18,21). The summed E-state index contributed by atoms with van der Waals surface area (Å²) >= 11 is 0.789. The highest BCUT2D eigenvalue weighted by atomic mass is 32.1. The topological polar surface area (TPSA) is 92.2 Å². The lowest BCUT2D eigenvalue weighted by Gasteiger charge is -2.10. The molecule has 0 bridgehead atoms. The number of nitrogens with one attached hydrogen (secondary N) is 2. The molecule has 0 saturated heterocycles. The Hall–Kier alpha value is -2.55. The van der Waals surface area contributed by atoms with Crippen LogP contribution in [0.2, 0.25) is 0 Å². The first kappa shape index (κ1) is 15.3. The summed E-state index contributed by atoms with van der Waals surface area (Å²) in [6.45, 7) is 5.11. The molecule has 9 heteroatoms. The van der Waals surface area contributed by atoms with E-state index in [2.05, 4.69) is 20.4 Å². The van der Waals surface area contributed by atoms with Gasteiger partial charge in [0.2, 0.25) is 11.0 Å². The second-order valence-corrected chi connectivity index (χ2v) is 6.13. The molecule has 0 aromatic carbocycles. The molecule has 0 aliphatic rings. The summed E-state index contributed by atoms with van der Waals surface area (Å²) in [5.41, 5.74) is 2.60. The molecule has 1 amide bonds. The summed E-state index contributed by atoms with van der Waals surface area (Å²) < 4.78 is 14.8. The van der Waals surface area contributed by atoms with E-state index in [1.54, 1.807) is 18.4 Å². The van der Waals surface area contributed by atoms with Crippen molar-refractivity contribution < 1.29 is 9.18 Å². The molecule has 0 radical (unpaired) electrons. The number of H-pyrrole nitrogens is 1. The number of carbonyl (C=O) groups is 1. The molecule has 0 fully saturated rings. The molecule has 2 N–H and O–H groups in total. The number of anilines is 1. The Morgan fingerprint density at radius 1 is 1.35 bits per heavy atom. The monoisotopic (exact) mass is 335 g/mol. The molecule has 7 nitrogen and oxygen atoms in total. The molecule has 3 aromatic rings. The molecule has 0 atom stereocenters. The highest BCUT2D eigenvalue weighted by Crippen LogP contribution is 2.21. The van der Waals surface area contributed by atoms with E-state index in [0.717, 1.165) is 17.0 Å². The first-order valence-electron chi connectivity index (χ1n) is 6.86. The number of hydrogen-bond acceptors (Lipinski definition) is 5. The first-order chi connectivity index (χ1) is 10.8. The number of rotatable bonds is 3. The maximum atomic E-state index is 13.3. The summed E-state index contributed by atoms with van der Waals surface area (Å²) in [6, 6.07) is 1.39. The summed E-state index contributed by atoms with van der Waals surface area (Å²) in [7, 11) is 0. The molecule has 3 heterocycles. The third kappa shape index (κ3) is 2.87. The lowest BCUT2D eigenvalue weighted by atomic mass is 10.1. The Morgan fingerprint density at radius 3 is 2.74 bits per heavy atom. The van der Waals surface area contributed by atoms with Gasteiger partial charge in [0.15, 0.2) is 10.8 Å². The zero-order chi connectivity index (χ0) is 16.7. The molecule has 0 saturated carbocycles. The Kier molecular flexibility index (Phi) is 3.72. The van der Waals surface area contributed by atoms with Gasteiger partial charge in [0.25, 0.3) is 5.56 Å². The van der Waals surface area contributed by atoms with Gasteiger partial charge in [-0.05, 0) is 20.8 Å². The highest BCUT2D eigenvalue weighted by molar-refractivity contribution is 7.14. The van der Waals surface area contributed by atoms with Crippen LogP contribution in [0.3, 0.4) is 0 Å². The fourth-order valence-electron chi connectivity index (χ4n) is 2.37. The van der Waals surface area contributed by atoms with Gasteiger partial charge in [-0.25, -0.2) is 14.5 Å². The Morgan fingerprint density at radius 2 is 2.09 bits per heavy atom. The van der Waals surface area contributed by atoms with E-state index >= 15 is 0 Å². The van der Waals surface area contributed by atoms with Gasteiger partial charge in [-0.2, -0.15) is 4.39 Å². The van der Waals surface area contributed by atoms with Crippen molar-refractivity contribution in [3.8, 4) is 0 Å². The average molecular weight is 335 g/mol. The zero-order valence-electron chi connectivity index (χ0n) is 12.7. The van der Waals surface area contributed by atoms with Gasteiger partial charge in [-0.15, -0.1) is 0 Å². The van der Waals surface area contributed by atoms with Gasteiger partial charge in [0, 0.05) is 23.0 Å². The lowest BCUT2D eigenvalue weighted by molar-refractivity contribution is -0.115. The van der Waals surface area contributed by atoms with Crippen molar-refractivity contribution in [1.29, 1.82) is 0 Å². The minimum Gasteiger partial charge on any atom is -0.302 e. The molecule has 120 valence electrons. The maximum absolute atomic E-state index is 13.3. The van der Waals surface area contributed by atoms with Crippen LogP contribution in [0.25, 0.3) is 5.65 Å². The van der Waals surface area contributed by atoms with E-state index in [0.29, 0.717) is 16.9 Å². The third-order valence-electron chi connectivity index (χ3n) is 3.53. The molecule has 0 spiro atoms. The van der Waals surface area contributed by atoms with Crippen LogP contribution in [-0.4, -0.2) is 25.5 Å². The SMILES string of the molecule is Cc1nc(NC(=O)Cc2c(C)nc3cc(=O)[nH]n3c2C)sc1F. The Bertz CT molecular complexity index is 952. The first-order valence-corrected chi connectivity index (χ1v) is 7.67. The number of carbonyl (C=O) groups excluding carboxylic acids is 1. The number of nitrogens with zero attached hydrogens (tertiary/aromatic N) is 3. The van der Waals surface area contributed by atoms with E-state index in [9.17, 15) is 14.0 Å². The number of thiazole rings is 1. The predicted molar refractivity (Wildman–Crippen MR) is 84.4 cm³/mol. The van der Waals surface area contributed by atoms with Crippen LogP contribution in [0.4, 0.5) is 9.52 Å². The van der Waals surface area contributed by atoms with Gasteiger partial charge >= 0.3 is 0 Å². The van der Waals surface area contributed by atoms with Gasteiger partial charge < -0.3 is 5.32 Å². The number of amides is 1. The normalized spacial score (nSPS) is 11.1. The number of aromatic amines is 1. The van der Waals surface area contributed by atoms with Gasteiger partial charge in [-0.3, -0.25) is 14.7 Å². The van der Waals surface area contributed by atoms with Crippen molar-refractivity contribution in [3.63, 3.8) is 0 Å². The molecule has 0 aliphatic carbocycles. The van der Waals surface area contributed by atoms with Crippen LogP contribution in [0.15, 0.2) is 10.9 Å². The second kappa shape index (κ2) is 5.58. The van der Waals surface area contributed by atoms with E-state index in [4.69, 9.17) is 0 Å². The summed E-state index contributed by atoms with van der Waals surface area (Å²) in [6.07, 6.45) is 0.0566.